The van der Waals surface area contributed by atoms with E-state index in [2.05, 4.69) is 31.2 Å². The molecule has 0 unspecified atom stereocenters. The van der Waals surface area contributed by atoms with E-state index >= 15 is 0 Å². The van der Waals surface area contributed by atoms with E-state index in [1.54, 1.807) is 18.2 Å². The Labute approximate surface area is 134 Å². The molecule has 4 nitrogen and oxygen atoms in total. The lowest BCUT2D eigenvalue weighted by molar-refractivity contribution is 0.0942. The van der Waals surface area contributed by atoms with Crippen molar-refractivity contribution in [1.82, 2.24) is 15.3 Å². The molecule has 0 saturated carbocycles. The lowest BCUT2D eigenvalue weighted by Crippen LogP contribution is -2.23. The number of aromatic nitrogens is 2. The zero-order valence-electron chi connectivity index (χ0n) is 10.9. The first-order valence-corrected chi connectivity index (χ1v) is 7.47. The van der Waals surface area contributed by atoms with E-state index in [4.69, 9.17) is 11.6 Å². The van der Waals surface area contributed by atoms with Gasteiger partial charge in [0.2, 0.25) is 0 Å². The van der Waals surface area contributed by atoms with Gasteiger partial charge in [0.05, 0.1) is 11.0 Å². The topological polar surface area (TPSA) is 57.8 Å². The lowest BCUT2D eigenvalue weighted by Gasteiger charge is -2.03. The highest BCUT2D eigenvalue weighted by Crippen LogP contribution is 2.17. The number of benzene rings is 2. The molecule has 0 aliphatic rings. The summed E-state index contributed by atoms with van der Waals surface area (Å²) in [5.74, 6) is 0.0320. The van der Waals surface area contributed by atoms with Gasteiger partial charge < -0.3 is 10.3 Å². The number of hydrogen-bond donors (Lipinski definition) is 2. The van der Waals surface area contributed by atoms with Gasteiger partial charge in [-0.05, 0) is 35.9 Å². The normalized spacial score (nSPS) is 10.8. The molecule has 1 amide bonds. The molecule has 0 bridgehead atoms. The van der Waals surface area contributed by atoms with Crippen molar-refractivity contribution in [3.63, 3.8) is 0 Å². The fraction of sp³-hybridized carbons (Fsp3) is 0.0667. The number of carbonyl (C=O) groups is 1. The van der Waals surface area contributed by atoms with Crippen molar-refractivity contribution in [1.29, 1.82) is 0 Å². The molecule has 0 aliphatic carbocycles. The smallest absolute Gasteiger partial charge is 0.287 e. The number of H-pyrrole nitrogens is 1. The minimum absolute atomic E-state index is 0.248. The molecule has 1 aromatic heterocycles. The molecule has 21 heavy (non-hydrogen) atoms. The van der Waals surface area contributed by atoms with Gasteiger partial charge in [0.1, 0.15) is 0 Å². The maximum absolute atomic E-state index is 12.1. The molecule has 2 N–H and O–H groups in total. The second-order valence-electron chi connectivity index (χ2n) is 4.56. The molecule has 0 aliphatic heterocycles. The number of imidazole rings is 1. The summed E-state index contributed by atoms with van der Waals surface area (Å²) in [4.78, 5) is 19.3. The van der Waals surface area contributed by atoms with Crippen LogP contribution < -0.4 is 5.32 Å². The van der Waals surface area contributed by atoms with E-state index in [9.17, 15) is 4.79 Å². The van der Waals surface area contributed by atoms with Crippen LogP contribution in [0, 0.1) is 0 Å². The van der Waals surface area contributed by atoms with Crippen LogP contribution in [0.25, 0.3) is 11.0 Å². The number of nitrogens with zero attached hydrogens (tertiary/aromatic N) is 1. The molecule has 3 aromatic rings. The second kappa shape index (κ2) is 5.87. The van der Waals surface area contributed by atoms with Gasteiger partial charge in [-0.1, -0.05) is 39.7 Å². The van der Waals surface area contributed by atoms with Gasteiger partial charge in [0, 0.05) is 16.0 Å². The van der Waals surface area contributed by atoms with Gasteiger partial charge in [0.25, 0.3) is 5.91 Å². The average molecular weight is 365 g/mol. The van der Waals surface area contributed by atoms with Gasteiger partial charge in [-0.2, -0.15) is 0 Å². The van der Waals surface area contributed by atoms with Gasteiger partial charge in [-0.3, -0.25) is 4.79 Å². The first-order chi connectivity index (χ1) is 10.1. The van der Waals surface area contributed by atoms with Crippen LogP contribution in [0.1, 0.15) is 16.2 Å². The molecule has 3 rings (SSSR count). The Balaban J connectivity index is 1.74. The number of carbonyl (C=O) groups excluding carboxylic acids is 1. The Morgan fingerprint density at radius 3 is 2.95 bits per heavy atom. The fourth-order valence-electron chi connectivity index (χ4n) is 2.00. The Bertz CT molecular complexity index is 816. The van der Waals surface area contributed by atoms with Crippen LogP contribution in [-0.4, -0.2) is 15.9 Å². The van der Waals surface area contributed by atoms with Crippen LogP contribution in [-0.2, 0) is 6.54 Å². The molecule has 2 aromatic carbocycles. The van der Waals surface area contributed by atoms with E-state index in [-0.39, 0.29) is 11.7 Å². The molecule has 0 fully saturated rings. The van der Waals surface area contributed by atoms with E-state index in [0.29, 0.717) is 17.1 Å². The van der Waals surface area contributed by atoms with Crippen LogP contribution >= 0.6 is 27.5 Å². The Kier molecular flexibility index (Phi) is 3.94. The van der Waals surface area contributed by atoms with Crippen molar-refractivity contribution in [3.05, 3.63) is 63.3 Å². The predicted octanol–water partition coefficient (Wildman–Crippen LogP) is 3.91. The SMILES string of the molecule is O=C(NCc1cccc(Br)c1)c1nc2cc(Cl)ccc2[nH]1. The number of amides is 1. The minimum atomic E-state index is -0.248. The van der Waals surface area contributed by atoms with Crippen LogP contribution in [0.15, 0.2) is 46.9 Å². The highest BCUT2D eigenvalue weighted by atomic mass is 79.9. The number of hydrogen-bond acceptors (Lipinski definition) is 2. The summed E-state index contributed by atoms with van der Waals surface area (Å²) in [7, 11) is 0. The Hall–Kier alpha value is -1.85. The minimum Gasteiger partial charge on any atom is -0.345 e. The molecule has 6 heteroatoms. The second-order valence-corrected chi connectivity index (χ2v) is 5.91. The largest absolute Gasteiger partial charge is 0.345 e. The van der Waals surface area contributed by atoms with Gasteiger partial charge in [0.15, 0.2) is 5.82 Å². The van der Waals surface area contributed by atoms with Gasteiger partial charge >= 0.3 is 0 Å². The highest BCUT2D eigenvalue weighted by molar-refractivity contribution is 9.10. The standard InChI is InChI=1S/C15H11BrClN3O/c16-10-3-1-2-9(6-10)8-18-15(21)14-19-12-5-4-11(17)7-13(12)20-14/h1-7H,8H2,(H,18,21)(H,19,20). The van der Waals surface area contributed by atoms with E-state index in [1.165, 1.54) is 0 Å². The first-order valence-electron chi connectivity index (χ1n) is 6.30. The molecule has 0 spiro atoms. The molecular formula is C15H11BrClN3O. The summed E-state index contributed by atoms with van der Waals surface area (Å²) in [5, 5.41) is 3.42. The third-order valence-corrected chi connectivity index (χ3v) is 3.73. The van der Waals surface area contributed by atoms with Crippen molar-refractivity contribution in [2.45, 2.75) is 6.54 Å². The third kappa shape index (κ3) is 3.25. The summed E-state index contributed by atoms with van der Waals surface area (Å²) in [6, 6.07) is 13.0. The molecule has 1 heterocycles. The summed E-state index contributed by atoms with van der Waals surface area (Å²) in [5.41, 5.74) is 2.47. The lowest BCUT2D eigenvalue weighted by atomic mass is 10.2. The maximum atomic E-state index is 12.1. The van der Waals surface area contributed by atoms with Crippen molar-refractivity contribution < 1.29 is 4.79 Å². The quantitative estimate of drug-likeness (QED) is 0.740. The van der Waals surface area contributed by atoms with Crippen molar-refractivity contribution >= 4 is 44.5 Å². The maximum Gasteiger partial charge on any atom is 0.287 e. The average Bonchev–Trinajstić information content (AvgIpc) is 2.88. The molecule has 0 radical (unpaired) electrons. The monoisotopic (exact) mass is 363 g/mol. The first kappa shape index (κ1) is 14.1. The predicted molar refractivity (Wildman–Crippen MR) is 86.4 cm³/mol. The van der Waals surface area contributed by atoms with Crippen molar-refractivity contribution in [2.75, 3.05) is 0 Å². The van der Waals surface area contributed by atoms with Crippen molar-refractivity contribution in [3.8, 4) is 0 Å². The summed E-state index contributed by atoms with van der Waals surface area (Å²) < 4.78 is 0.979. The Morgan fingerprint density at radius 2 is 2.14 bits per heavy atom. The molecule has 0 saturated heterocycles. The van der Waals surface area contributed by atoms with E-state index in [1.807, 2.05) is 24.3 Å². The molecule has 0 atom stereocenters. The van der Waals surface area contributed by atoms with Crippen LogP contribution in [0.2, 0.25) is 5.02 Å². The van der Waals surface area contributed by atoms with Crippen LogP contribution in [0.3, 0.4) is 0 Å². The van der Waals surface area contributed by atoms with Gasteiger partial charge in [-0.25, -0.2) is 4.98 Å². The number of fused-ring (bicyclic) bond motifs is 1. The number of nitrogens with one attached hydrogen (secondary N) is 2. The summed E-state index contributed by atoms with van der Waals surface area (Å²) >= 11 is 9.31. The zero-order valence-corrected chi connectivity index (χ0v) is 13.2. The van der Waals surface area contributed by atoms with Gasteiger partial charge in [-0.15, -0.1) is 0 Å². The molecular weight excluding hydrogens is 354 g/mol. The Morgan fingerprint density at radius 1 is 1.29 bits per heavy atom. The number of rotatable bonds is 3. The van der Waals surface area contributed by atoms with Crippen molar-refractivity contribution in [2.24, 2.45) is 0 Å². The van der Waals surface area contributed by atoms with E-state index in [0.717, 1.165) is 15.6 Å². The number of halogens is 2. The van der Waals surface area contributed by atoms with Crippen LogP contribution in [0.5, 0.6) is 0 Å². The molecule has 106 valence electrons. The zero-order chi connectivity index (χ0) is 14.8. The highest BCUT2D eigenvalue weighted by Gasteiger charge is 2.11. The van der Waals surface area contributed by atoms with E-state index < -0.39 is 0 Å². The summed E-state index contributed by atoms with van der Waals surface area (Å²) in [6.07, 6.45) is 0. The van der Waals surface area contributed by atoms with Crippen LogP contribution in [0.4, 0.5) is 0 Å². The summed E-state index contributed by atoms with van der Waals surface area (Å²) in [6.45, 7) is 0.441. The third-order valence-electron chi connectivity index (χ3n) is 3.00. The fourth-order valence-corrected chi connectivity index (χ4v) is 2.61. The number of aromatic amines is 1.